The van der Waals surface area contributed by atoms with Crippen molar-refractivity contribution in [3.8, 4) is 11.8 Å². The lowest BCUT2D eigenvalue weighted by Crippen LogP contribution is -2.03. The summed E-state index contributed by atoms with van der Waals surface area (Å²) in [6.07, 6.45) is 0. The topological polar surface area (TPSA) is 62.7 Å². The summed E-state index contributed by atoms with van der Waals surface area (Å²) in [5.74, 6) is 0.662. The van der Waals surface area contributed by atoms with Crippen LogP contribution in [0.2, 0.25) is 0 Å². The van der Waals surface area contributed by atoms with Crippen molar-refractivity contribution >= 4 is 18.5 Å². The first-order valence-electron chi connectivity index (χ1n) is 5.10. The van der Waals surface area contributed by atoms with Gasteiger partial charge in [0.15, 0.2) is 0 Å². The van der Waals surface area contributed by atoms with Gasteiger partial charge in [-0.15, -0.1) is 10.2 Å². The maximum Gasteiger partial charge on any atom is 0.381 e. The second-order valence-electron chi connectivity index (χ2n) is 2.79. The normalized spacial score (nSPS) is 11.2. The predicted molar refractivity (Wildman–Crippen MR) is 66.7 cm³/mol. The molecule has 17 heavy (non-hydrogen) atoms. The molecule has 0 aliphatic rings. The lowest BCUT2D eigenvalue weighted by Gasteiger charge is -2.19. The summed E-state index contributed by atoms with van der Waals surface area (Å²) >= 11 is 5.19. The highest BCUT2D eigenvalue weighted by Crippen LogP contribution is 2.49. The molecule has 0 saturated carbocycles. The highest BCUT2D eigenvalue weighted by molar-refractivity contribution is 8.07. The maximum absolute atomic E-state index is 5.43. The summed E-state index contributed by atoms with van der Waals surface area (Å²) in [5, 5.41) is 7.57. The molecule has 1 aromatic heterocycles. The van der Waals surface area contributed by atoms with E-state index in [0.29, 0.717) is 19.1 Å². The zero-order valence-electron chi connectivity index (χ0n) is 9.95. The molecule has 0 spiro atoms. The SMILES string of the molecule is CCOP(=S)(OCC)Oc1ccc(OC)nn1. The molecule has 1 rings (SSSR count). The number of methoxy groups -OCH3 is 1. The van der Waals surface area contributed by atoms with Crippen molar-refractivity contribution in [3.05, 3.63) is 12.1 Å². The van der Waals surface area contributed by atoms with Crippen LogP contribution in [0.5, 0.6) is 11.8 Å². The van der Waals surface area contributed by atoms with Gasteiger partial charge in [0.25, 0.3) is 0 Å². The highest BCUT2D eigenvalue weighted by atomic mass is 32.5. The van der Waals surface area contributed by atoms with Crippen LogP contribution in [0.15, 0.2) is 12.1 Å². The van der Waals surface area contributed by atoms with Gasteiger partial charge in [0.05, 0.1) is 20.3 Å². The summed E-state index contributed by atoms with van der Waals surface area (Å²) in [5.41, 5.74) is 0. The highest BCUT2D eigenvalue weighted by Gasteiger charge is 2.22. The number of hydrogen-bond acceptors (Lipinski definition) is 7. The van der Waals surface area contributed by atoms with Crippen molar-refractivity contribution in [3.63, 3.8) is 0 Å². The molecule has 96 valence electrons. The van der Waals surface area contributed by atoms with Gasteiger partial charge in [-0.1, -0.05) is 0 Å². The molecule has 0 aliphatic heterocycles. The molecule has 0 bridgehead atoms. The standard InChI is InChI=1S/C9H15N2O4PS/c1-4-13-16(17,14-5-2)15-9-7-6-8(12-3)10-11-9/h6-7H,4-5H2,1-3H3. The van der Waals surface area contributed by atoms with Crippen molar-refractivity contribution in [1.29, 1.82) is 0 Å². The number of rotatable bonds is 7. The molecular weight excluding hydrogens is 263 g/mol. The average Bonchev–Trinajstić information content (AvgIpc) is 2.30. The minimum absolute atomic E-state index is 0.260. The third-order valence-electron chi connectivity index (χ3n) is 1.60. The second kappa shape index (κ2) is 6.86. The lowest BCUT2D eigenvalue weighted by molar-refractivity contribution is 0.215. The van der Waals surface area contributed by atoms with E-state index < -0.39 is 6.72 Å². The Balaban J connectivity index is 2.75. The van der Waals surface area contributed by atoms with Crippen LogP contribution >= 0.6 is 6.72 Å². The smallest absolute Gasteiger partial charge is 0.381 e. The van der Waals surface area contributed by atoms with Crippen LogP contribution in [0.4, 0.5) is 0 Å². The van der Waals surface area contributed by atoms with Crippen LogP contribution in [0.25, 0.3) is 0 Å². The Kier molecular flexibility index (Phi) is 5.77. The van der Waals surface area contributed by atoms with Gasteiger partial charge in [0.2, 0.25) is 11.8 Å². The summed E-state index contributed by atoms with van der Waals surface area (Å²) < 4.78 is 20.9. The average molecular weight is 278 g/mol. The molecule has 1 heterocycles. The first-order valence-corrected chi connectivity index (χ1v) is 7.65. The van der Waals surface area contributed by atoms with E-state index in [4.69, 9.17) is 30.1 Å². The summed E-state index contributed by atoms with van der Waals surface area (Å²) in [7, 11) is 1.51. The molecule has 6 nitrogen and oxygen atoms in total. The van der Waals surface area contributed by atoms with E-state index in [1.165, 1.54) is 7.11 Å². The van der Waals surface area contributed by atoms with Crippen molar-refractivity contribution < 1.29 is 18.3 Å². The van der Waals surface area contributed by atoms with Gasteiger partial charge in [-0.2, -0.15) is 0 Å². The fraction of sp³-hybridized carbons (Fsp3) is 0.556. The van der Waals surface area contributed by atoms with Crippen LogP contribution in [0.3, 0.4) is 0 Å². The van der Waals surface area contributed by atoms with Gasteiger partial charge in [-0.05, 0) is 13.8 Å². The Hall–Kier alpha value is -0.750. The first kappa shape index (κ1) is 14.3. The number of hydrogen-bond donors (Lipinski definition) is 0. The van der Waals surface area contributed by atoms with E-state index in [9.17, 15) is 0 Å². The summed E-state index contributed by atoms with van der Waals surface area (Å²) in [4.78, 5) is 0. The molecule has 0 aromatic carbocycles. The summed E-state index contributed by atoms with van der Waals surface area (Å²) in [6.45, 7) is 1.71. The zero-order valence-corrected chi connectivity index (χ0v) is 11.7. The molecule has 1 aromatic rings. The minimum atomic E-state index is -2.77. The zero-order chi connectivity index (χ0) is 12.7. The number of ether oxygens (including phenoxy) is 1. The van der Waals surface area contributed by atoms with Gasteiger partial charge in [0, 0.05) is 23.9 Å². The van der Waals surface area contributed by atoms with Crippen molar-refractivity contribution in [2.75, 3.05) is 20.3 Å². The van der Waals surface area contributed by atoms with E-state index in [2.05, 4.69) is 10.2 Å². The summed E-state index contributed by atoms with van der Waals surface area (Å²) in [6, 6.07) is 3.23. The lowest BCUT2D eigenvalue weighted by atomic mass is 10.5. The van der Waals surface area contributed by atoms with Crippen molar-refractivity contribution in [1.82, 2.24) is 10.2 Å². The van der Waals surface area contributed by atoms with Crippen LogP contribution in [-0.4, -0.2) is 30.5 Å². The molecule has 0 saturated heterocycles. The van der Waals surface area contributed by atoms with Crippen LogP contribution in [-0.2, 0) is 20.9 Å². The fourth-order valence-electron chi connectivity index (χ4n) is 0.986. The molecule has 0 fully saturated rings. The largest absolute Gasteiger partial charge is 0.480 e. The molecule has 0 radical (unpaired) electrons. The molecule has 0 atom stereocenters. The third kappa shape index (κ3) is 4.55. The van der Waals surface area contributed by atoms with Crippen LogP contribution in [0.1, 0.15) is 13.8 Å². The van der Waals surface area contributed by atoms with Crippen LogP contribution in [0, 0.1) is 0 Å². The maximum atomic E-state index is 5.43. The molecular formula is C9H15N2O4PS. The van der Waals surface area contributed by atoms with Gasteiger partial charge >= 0.3 is 6.72 Å². The van der Waals surface area contributed by atoms with Gasteiger partial charge in [0.1, 0.15) is 0 Å². The predicted octanol–water partition coefficient (Wildman–Crippen LogP) is 2.16. The Morgan fingerprint density at radius 2 is 1.65 bits per heavy atom. The number of nitrogens with zero attached hydrogens (tertiary/aromatic N) is 2. The Labute approximate surface area is 105 Å². The monoisotopic (exact) mass is 278 g/mol. The third-order valence-corrected chi connectivity index (χ3v) is 4.02. The molecule has 8 heteroatoms. The molecule has 0 aliphatic carbocycles. The van der Waals surface area contributed by atoms with E-state index in [1.807, 2.05) is 13.8 Å². The van der Waals surface area contributed by atoms with Crippen molar-refractivity contribution in [2.24, 2.45) is 0 Å². The second-order valence-corrected chi connectivity index (χ2v) is 5.72. The van der Waals surface area contributed by atoms with E-state index in [-0.39, 0.29) is 5.88 Å². The van der Waals surface area contributed by atoms with Gasteiger partial charge in [-0.3, -0.25) is 9.05 Å². The molecule has 0 amide bonds. The quantitative estimate of drug-likeness (QED) is 0.708. The Bertz CT molecular complexity index is 377. The first-order chi connectivity index (χ1) is 8.13. The van der Waals surface area contributed by atoms with E-state index in [0.717, 1.165) is 0 Å². The van der Waals surface area contributed by atoms with E-state index >= 15 is 0 Å². The fourth-order valence-corrected chi connectivity index (χ4v) is 2.99. The molecule has 0 unspecified atom stereocenters. The Morgan fingerprint density at radius 3 is 2.06 bits per heavy atom. The van der Waals surface area contributed by atoms with Crippen molar-refractivity contribution in [2.45, 2.75) is 13.8 Å². The molecule has 0 N–H and O–H groups in total. The Morgan fingerprint density at radius 1 is 1.12 bits per heavy atom. The van der Waals surface area contributed by atoms with Gasteiger partial charge in [-0.25, -0.2) is 0 Å². The number of aromatic nitrogens is 2. The van der Waals surface area contributed by atoms with E-state index in [1.54, 1.807) is 12.1 Å². The van der Waals surface area contributed by atoms with Gasteiger partial charge < -0.3 is 9.26 Å². The van der Waals surface area contributed by atoms with Crippen LogP contribution < -0.4 is 9.26 Å². The minimum Gasteiger partial charge on any atom is -0.480 e.